The third-order valence-electron chi connectivity index (χ3n) is 1.54. The van der Waals surface area contributed by atoms with E-state index in [9.17, 15) is 13.6 Å². The topological polar surface area (TPSA) is 35.5 Å². The smallest absolute Gasteiger partial charge is 0.345 e. The molecule has 6 heteroatoms. The van der Waals surface area contributed by atoms with Crippen molar-refractivity contribution in [3.63, 3.8) is 0 Å². The fraction of sp³-hybridized carbons (Fsp3) is 0.900. The molecule has 0 aromatic heterocycles. The van der Waals surface area contributed by atoms with Crippen molar-refractivity contribution in [1.82, 2.24) is 0 Å². The van der Waals surface area contributed by atoms with Gasteiger partial charge in [0.05, 0.1) is 6.10 Å². The van der Waals surface area contributed by atoms with Crippen LogP contribution >= 0.6 is 15.9 Å². The van der Waals surface area contributed by atoms with Gasteiger partial charge in [-0.2, -0.15) is 8.78 Å². The maximum absolute atomic E-state index is 11.9. The Morgan fingerprint density at radius 1 is 1.38 bits per heavy atom. The van der Waals surface area contributed by atoms with Crippen LogP contribution in [0.1, 0.15) is 34.1 Å². The molecule has 0 aromatic rings. The summed E-state index contributed by atoms with van der Waals surface area (Å²) in [4.78, 5) is 10.8. The molecule has 2 atom stereocenters. The van der Waals surface area contributed by atoms with Gasteiger partial charge < -0.3 is 9.47 Å². The molecule has 0 amide bonds. The van der Waals surface area contributed by atoms with Gasteiger partial charge in [-0.15, -0.1) is 0 Å². The second kappa shape index (κ2) is 6.49. The minimum atomic E-state index is -2.83. The van der Waals surface area contributed by atoms with Crippen molar-refractivity contribution in [2.24, 2.45) is 0 Å². The third-order valence-corrected chi connectivity index (χ3v) is 2.28. The number of hydrogen-bond acceptors (Lipinski definition) is 3. The van der Waals surface area contributed by atoms with Crippen molar-refractivity contribution in [1.29, 1.82) is 0 Å². The first kappa shape index (κ1) is 15.8. The molecular formula is C10H17BrF2O3. The van der Waals surface area contributed by atoms with Crippen molar-refractivity contribution >= 4 is 21.9 Å². The summed E-state index contributed by atoms with van der Waals surface area (Å²) in [5, 5.41) is 0. The van der Waals surface area contributed by atoms with Crippen LogP contribution in [-0.2, 0) is 14.3 Å². The van der Waals surface area contributed by atoms with Gasteiger partial charge in [0.15, 0.2) is 0 Å². The van der Waals surface area contributed by atoms with Crippen LogP contribution in [0.2, 0.25) is 0 Å². The van der Waals surface area contributed by atoms with Crippen molar-refractivity contribution in [2.75, 3.05) is 0 Å². The molecule has 0 spiro atoms. The van der Waals surface area contributed by atoms with Crippen LogP contribution in [0.3, 0.4) is 0 Å². The van der Waals surface area contributed by atoms with Crippen LogP contribution in [-0.4, -0.2) is 29.1 Å². The zero-order chi connectivity index (χ0) is 12.9. The SMILES string of the molecule is C[C@@H](C[C@H](Br)C(=O)OC(C)(C)C)OC(F)F. The summed E-state index contributed by atoms with van der Waals surface area (Å²) in [5.74, 6) is -0.475. The highest BCUT2D eigenvalue weighted by molar-refractivity contribution is 9.10. The van der Waals surface area contributed by atoms with Crippen LogP contribution in [0.25, 0.3) is 0 Å². The molecule has 3 nitrogen and oxygen atoms in total. The lowest BCUT2D eigenvalue weighted by atomic mass is 10.2. The highest BCUT2D eigenvalue weighted by atomic mass is 79.9. The number of halogens is 3. The average molecular weight is 303 g/mol. The molecule has 0 aliphatic rings. The lowest BCUT2D eigenvalue weighted by molar-refractivity contribution is -0.166. The molecule has 0 radical (unpaired) electrons. The van der Waals surface area contributed by atoms with E-state index in [-0.39, 0.29) is 6.42 Å². The average Bonchev–Trinajstić information content (AvgIpc) is 1.98. The van der Waals surface area contributed by atoms with Gasteiger partial charge >= 0.3 is 12.6 Å². The van der Waals surface area contributed by atoms with E-state index in [1.165, 1.54) is 6.92 Å². The molecule has 0 heterocycles. The number of ether oxygens (including phenoxy) is 2. The molecule has 0 saturated carbocycles. The monoisotopic (exact) mass is 302 g/mol. The molecule has 0 unspecified atom stereocenters. The number of carbonyl (C=O) groups excluding carboxylic acids is 1. The third kappa shape index (κ3) is 7.98. The maximum Gasteiger partial charge on any atom is 0.345 e. The van der Waals surface area contributed by atoms with E-state index in [1.54, 1.807) is 20.8 Å². The van der Waals surface area contributed by atoms with Gasteiger partial charge in [0.25, 0.3) is 0 Å². The maximum atomic E-state index is 11.9. The lowest BCUT2D eigenvalue weighted by Crippen LogP contribution is -2.31. The minimum absolute atomic E-state index is 0.138. The molecule has 96 valence electrons. The van der Waals surface area contributed by atoms with Crippen molar-refractivity contribution < 1.29 is 23.0 Å². The summed E-state index contributed by atoms with van der Waals surface area (Å²) >= 11 is 3.09. The Kier molecular flexibility index (Phi) is 6.40. The van der Waals surface area contributed by atoms with Gasteiger partial charge in [-0.3, -0.25) is 4.79 Å². The normalized spacial score (nSPS) is 16.0. The number of alkyl halides is 3. The summed E-state index contributed by atoms with van der Waals surface area (Å²) in [6.07, 6.45) is -0.573. The molecule has 0 bridgehead atoms. The van der Waals surface area contributed by atoms with E-state index in [2.05, 4.69) is 20.7 Å². The van der Waals surface area contributed by atoms with Crippen LogP contribution in [0.4, 0.5) is 8.78 Å². The summed E-state index contributed by atoms with van der Waals surface area (Å²) in [7, 11) is 0. The van der Waals surface area contributed by atoms with E-state index in [1.807, 2.05) is 0 Å². The number of carbonyl (C=O) groups is 1. The van der Waals surface area contributed by atoms with E-state index in [0.29, 0.717) is 0 Å². The van der Waals surface area contributed by atoms with E-state index in [4.69, 9.17) is 4.74 Å². The second-order valence-electron chi connectivity index (χ2n) is 4.44. The Morgan fingerprint density at radius 2 is 1.88 bits per heavy atom. The summed E-state index contributed by atoms with van der Waals surface area (Å²) in [6, 6.07) is 0. The van der Waals surface area contributed by atoms with Crippen molar-refractivity contribution in [3.05, 3.63) is 0 Å². The fourth-order valence-electron chi connectivity index (χ4n) is 0.985. The van der Waals surface area contributed by atoms with Crippen LogP contribution in [0.5, 0.6) is 0 Å². The van der Waals surface area contributed by atoms with Gasteiger partial charge in [-0.05, 0) is 34.1 Å². The first-order chi connectivity index (χ1) is 7.11. The predicted molar refractivity (Wildman–Crippen MR) is 59.7 cm³/mol. The van der Waals surface area contributed by atoms with Gasteiger partial charge in [0.2, 0.25) is 0 Å². The Bertz CT molecular complexity index is 229. The number of esters is 1. The molecule has 16 heavy (non-hydrogen) atoms. The number of hydrogen-bond donors (Lipinski definition) is 0. The highest BCUT2D eigenvalue weighted by Crippen LogP contribution is 2.18. The first-order valence-electron chi connectivity index (χ1n) is 4.92. The highest BCUT2D eigenvalue weighted by Gasteiger charge is 2.25. The quantitative estimate of drug-likeness (QED) is 0.578. The van der Waals surface area contributed by atoms with Crippen LogP contribution in [0.15, 0.2) is 0 Å². The van der Waals surface area contributed by atoms with Gasteiger partial charge in [-0.25, -0.2) is 0 Å². The number of rotatable bonds is 5. The fourth-order valence-corrected chi connectivity index (χ4v) is 1.60. The largest absolute Gasteiger partial charge is 0.459 e. The second-order valence-corrected chi connectivity index (χ2v) is 5.55. The first-order valence-corrected chi connectivity index (χ1v) is 5.84. The summed E-state index contributed by atoms with van der Waals surface area (Å²) in [6.45, 7) is 3.87. The van der Waals surface area contributed by atoms with Crippen LogP contribution < -0.4 is 0 Å². The molecule has 0 aliphatic carbocycles. The standard InChI is InChI=1S/C10H17BrF2O3/c1-6(15-9(12)13)5-7(11)8(14)16-10(2,3)4/h6-7,9H,5H2,1-4H3/t6-,7-/m0/s1. The van der Waals surface area contributed by atoms with Crippen LogP contribution in [0, 0.1) is 0 Å². The predicted octanol–water partition coefficient (Wildman–Crippen LogP) is 3.11. The van der Waals surface area contributed by atoms with Crippen molar-refractivity contribution in [3.8, 4) is 0 Å². The molecule has 0 saturated heterocycles. The zero-order valence-corrected chi connectivity index (χ0v) is 11.4. The van der Waals surface area contributed by atoms with E-state index in [0.717, 1.165) is 0 Å². The van der Waals surface area contributed by atoms with E-state index < -0.39 is 29.1 Å². The molecule has 0 rings (SSSR count). The van der Waals surface area contributed by atoms with Gasteiger partial charge in [0, 0.05) is 0 Å². The molecule has 0 aliphatic heterocycles. The van der Waals surface area contributed by atoms with E-state index >= 15 is 0 Å². The lowest BCUT2D eigenvalue weighted by Gasteiger charge is -2.22. The molecular weight excluding hydrogens is 286 g/mol. The Balaban J connectivity index is 4.05. The Morgan fingerprint density at radius 3 is 2.25 bits per heavy atom. The summed E-state index contributed by atoms with van der Waals surface area (Å²) in [5.41, 5.74) is -0.587. The zero-order valence-electron chi connectivity index (χ0n) is 9.80. The van der Waals surface area contributed by atoms with Gasteiger partial charge in [-0.1, -0.05) is 15.9 Å². The minimum Gasteiger partial charge on any atom is -0.459 e. The van der Waals surface area contributed by atoms with Gasteiger partial charge in [0.1, 0.15) is 10.4 Å². The Hall–Kier alpha value is -0.230. The molecule has 0 fully saturated rings. The summed E-state index contributed by atoms with van der Waals surface area (Å²) < 4.78 is 33.0. The van der Waals surface area contributed by atoms with Crippen molar-refractivity contribution in [2.45, 2.75) is 57.3 Å². The molecule has 0 N–H and O–H groups in total. The molecule has 0 aromatic carbocycles. The Labute approximate surface area is 103 Å².